The Morgan fingerprint density at radius 1 is 1.00 bits per heavy atom. The lowest BCUT2D eigenvalue weighted by Gasteiger charge is -2.20. The van der Waals surface area contributed by atoms with Crippen LogP contribution in [0.2, 0.25) is 0 Å². The van der Waals surface area contributed by atoms with Crippen LogP contribution in [0.1, 0.15) is 50.2 Å². The van der Waals surface area contributed by atoms with Gasteiger partial charge in [-0.2, -0.15) is 0 Å². The molecule has 1 fully saturated rings. The van der Waals surface area contributed by atoms with Gasteiger partial charge in [0.15, 0.2) is 0 Å². The molecule has 2 aromatic rings. The van der Waals surface area contributed by atoms with E-state index in [1.165, 1.54) is 73.8 Å². The summed E-state index contributed by atoms with van der Waals surface area (Å²) in [6.07, 6.45) is 10.4. The predicted octanol–water partition coefficient (Wildman–Crippen LogP) is 4.78. The van der Waals surface area contributed by atoms with Crippen molar-refractivity contribution in [1.82, 2.24) is 9.47 Å². The second-order valence-corrected chi connectivity index (χ2v) is 6.78. The van der Waals surface area contributed by atoms with Crippen molar-refractivity contribution in [2.45, 2.75) is 58.9 Å². The first kappa shape index (κ1) is 15.6. The molecule has 0 unspecified atom stereocenters. The van der Waals surface area contributed by atoms with Crippen molar-refractivity contribution in [3.8, 4) is 0 Å². The molecule has 1 aromatic heterocycles. The molecule has 3 rings (SSSR count). The van der Waals surface area contributed by atoms with E-state index >= 15 is 0 Å². The van der Waals surface area contributed by atoms with E-state index in [0.717, 1.165) is 13.0 Å². The molecule has 0 saturated carbocycles. The number of hydrogen-bond donors (Lipinski definition) is 0. The number of nitrogens with zero attached hydrogens (tertiary/aromatic N) is 2. The Balaban J connectivity index is 1.68. The van der Waals surface area contributed by atoms with Crippen LogP contribution in [0.3, 0.4) is 0 Å². The van der Waals surface area contributed by atoms with E-state index < -0.39 is 0 Å². The normalized spacial score (nSPS) is 17.0. The third-order valence-corrected chi connectivity index (χ3v) is 5.13. The first-order valence-electron chi connectivity index (χ1n) is 9.09. The molecule has 2 heteroatoms. The van der Waals surface area contributed by atoms with Gasteiger partial charge in [0, 0.05) is 18.1 Å². The number of aryl methyl sites for hydroxylation is 3. The largest absolute Gasteiger partial charge is 0.347 e. The second kappa shape index (κ2) is 7.32. The van der Waals surface area contributed by atoms with Crippen molar-refractivity contribution < 1.29 is 0 Å². The monoisotopic (exact) mass is 298 g/mol. The van der Waals surface area contributed by atoms with Crippen LogP contribution in [0, 0.1) is 6.92 Å². The van der Waals surface area contributed by atoms with Gasteiger partial charge in [-0.05, 0) is 63.4 Å². The number of likely N-dealkylation sites (tertiary alicyclic amines) is 1. The molecular weight excluding hydrogens is 268 g/mol. The number of para-hydroxylation sites is 1. The molecule has 120 valence electrons. The molecule has 0 atom stereocenters. The van der Waals surface area contributed by atoms with Crippen LogP contribution in [0.25, 0.3) is 10.9 Å². The van der Waals surface area contributed by atoms with Gasteiger partial charge < -0.3 is 9.47 Å². The van der Waals surface area contributed by atoms with E-state index in [9.17, 15) is 0 Å². The van der Waals surface area contributed by atoms with Gasteiger partial charge in [0.2, 0.25) is 0 Å². The van der Waals surface area contributed by atoms with Gasteiger partial charge in [-0.1, -0.05) is 38.0 Å². The van der Waals surface area contributed by atoms with Crippen molar-refractivity contribution in [3.63, 3.8) is 0 Å². The van der Waals surface area contributed by atoms with Gasteiger partial charge in [0.25, 0.3) is 0 Å². The molecule has 0 aliphatic carbocycles. The Kier molecular flexibility index (Phi) is 5.20. The fourth-order valence-corrected chi connectivity index (χ4v) is 3.90. The van der Waals surface area contributed by atoms with Crippen molar-refractivity contribution >= 4 is 10.9 Å². The van der Waals surface area contributed by atoms with Crippen LogP contribution in [-0.4, -0.2) is 29.1 Å². The highest BCUT2D eigenvalue weighted by Gasteiger charge is 2.11. The van der Waals surface area contributed by atoms with Crippen LogP contribution in [0.5, 0.6) is 0 Å². The fourth-order valence-electron chi connectivity index (χ4n) is 3.90. The van der Waals surface area contributed by atoms with E-state index in [1.54, 1.807) is 0 Å². The molecule has 0 N–H and O–H groups in total. The minimum atomic E-state index is 1.12. The molecular formula is C20H30N2. The summed E-state index contributed by atoms with van der Waals surface area (Å²) in [5.41, 5.74) is 4.37. The minimum Gasteiger partial charge on any atom is -0.347 e. The van der Waals surface area contributed by atoms with Crippen LogP contribution >= 0.6 is 0 Å². The molecule has 0 amide bonds. The second-order valence-electron chi connectivity index (χ2n) is 6.78. The first-order chi connectivity index (χ1) is 10.8. The van der Waals surface area contributed by atoms with Gasteiger partial charge in [-0.3, -0.25) is 0 Å². The molecule has 1 saturated heterocycles. The van der Waals surface area contributed by atoms with Crippen molar-refractivity contribution in [2.75, 3.05) is 19.6 Å². The molecule has 22 heavy (non-hydrogen) atoms. The third kappa shape index (κ3) is 3.38. The molecule has 1 aromatic carbocycles. The van der Waals surface area contributed by atoms with E-state index in [-0.39, 0.29) is 0 Å². The van der Waals surface area contributed by atoms with Gasteiger partial charge in [-0.25, -0.2) is 0 Å². The standard InChI is InChI=1S/C20H30N2/c1-3-18-10-8-11-19-17(2)16-22(20(18)19)15-9-14-21-12-6-4-5-7-13-21/h8,10-11,16H,3-7,9,12-15H2,1-2H3. The maximum atomic E-state index is 2.67. The van der Waals surface area contributed by atoms with Crippen LogP contribution < -0.4 is 0 Å². The van der Waals surface area contributed by atoms with Crippen LogP contribution in [-0.2, 0) is 13.0 Å². The molecule has 1 aliphatic rings. The maximum absolute atomic E-state index is 2.67. The lowest BCUT2D eigenvalue weighted by atomic mass is 10.1. The Morgan fingerprint density at radius 3 is 2.50 bits per heavy atom. The van der Waals surface area contributed by atoms with E-state index in [0.29, 0.717) is 0 Å². The highest BCUT2D eigenvalue weighted by Crippen LogP contribution is 2.25. The average Bonchev–Trinajstić information content (AvgIpc) is 2.72. The van der Waals surface area contributed by atoms with Crippen LogP contribution in [0.15, 0.2) is 24.4 Å². The third-order valence-electron chi connectivity index (χ3n) is 5.13. The number of fused-ring (bicyclic) bond motifs is 1. The zero-order valence-corrected chi connectivity index (χ0v) is 14.3. The lowest BCUT2D eigenvalue weighted by Crippen LogP contribution is -2.26. The van der Waals surface area contributed by atoms with Crippen LogP contribution in [0.4, 0.5) is 0 Å². The van der Waals surface area contributed by atoms with Gasteiger partial charge in [0.05, 0.1) is 5.52 Å². The summed E-state index contributed by atoms with van der Waals surface area (Å²) >= 11 is 0. The summed E-state index contributed by atoms with van der Waals surface area (Å²) < 4.78 is 2.50. The summed E-state index contributed by atoms with van der Waals surface area (Å²) in [6.45, 7) is 9.54. The molecule has 0 radical (unpaired) electrons. The van der Waals surface area contributed by atoms with Crippen molar-refractivity contribution in [3.05, 3.63) is 35.5 Å². The Labute approximate surface area is 135 Å². The highest BCUT2D eigenvalue weighted by molar-refractivity contribution is 5.86. The zero-order valence-electron chi connectivity index (χ0n) is 14.3. The number of rotatable bonds is 5. The summed E-state index contributed by atoms with van der Waals surface area (Å²) in [7, 11) is 0. The smallest absolute Gasteiger partial charge is 0.0515 e. The molecule has 2 nitrogen and oxygen atoms in total. The molecule has 0 bridgehead atoms. The SMILES string of the molecule is CCc1cccc2c(C)cn(CCCN3CCCCCC3)c12. The summed E-state index contributed by atoms with van der Waals surface area (Å²) in [4.78, 5) is 2.67. The zero-order chi connectivity index (χ0) is 15.4. The summed E-state index contributed by atoms with van der Waals surface area (Å²) in [6, 6.07) is 6.76. The molecule has 0 spiro atoms. The van der Waals surface area contributed by atoms with E-state index in [2.05, 4.69) is 47.7 Å². The Bertz CT molecular complexity index is 603. The predicted molar refractivity (Wildman–Crippen MR) is 95.6 cm³/mol. The average molecular weight is 298 g/mol. The molecule has 1 aliphatic heterocycles. The summed E-state index contributed by atoms with van der Waals surface area (Å²) in [5, 5.41) is 1.44. The van der Waals surface area contributed by atoms with Crippen molar-refractivity contribution in [1.29, 1.82) is 0 Å². The topological polar surface area (TPSA) is 8.17 Å². The summed E-state index contributed by atoms with van der Waals surface area (Å²) in [5.74, 6) is 0. The van der Waals surface area contributed by atoms with E-state index in [4.69, 9.17) is 0 Å². The van der Waals surface area contributed by atoms with E-state index in [1.807, 2.05) is 0 Å². The fraction of sp³-hybridized carbons (Fsp3) is 0.600. The minimum absolute atomic E-state index is 1.12. The number of benzene rings is 1. The van der Waals surface area contributed by atoms with Gasteiger partial charge in [-0.15, -0.1) is 0 Å². The Morgan fingerprint density at radius 2 is 1.77 bits per heavy atom. The Hall–Kier alpha value is -1.28. The molecule has 2 heterocycles. The van der Waals surface area contributed by atoms with Gasteiger partial charge in [0.1, 0.15) is 0 Å². The first-order valence-corrected chi connectivity index (χ1v) is 9.09. The number of aromatic nitrogens is 1. The quantitative estimate of drug-likeness (QED) is 0.771. The maximum Gasteiger partial charge on any atom is 0.0515 e. The lowest BCUT2D eigenvalue weighted by molar-refractivity contribution is 0.276. The van der Waals surface area contributed by atoms with Gasteiger partial charge >= 0.3 is 0 Å². The number of hydrogen-bond acceptors (Lipinski definition) is 1. The van der Waals surface area contributed by atoms with Crippen molar-refractivity contribution in [2.24, 2.45) is 0 Å². The highest BCUT2D eigenvalue weighted by atomic mass is 15.1.